The summed E-state index contributed by atoms with van der Waals surface area (Å²) in [5.74, 6) is 0.525. The lowest BCUT2D eigenvalue weighted by Gasteiger charge is -2.09. The Morgan fingerprint density at radius 3 is 2.74 bits per heavy atom. The fourth-order valence-corrected chi connectivity index (χ4v) is 2.03. The van der Waals surface area contributed by atoms with Crippen LogP contribution in [0.1, 0.15) is 22.3 Å². The van der Waals surface area contributed by atoms with E-state index in [2.05, 4.69) is 15.6 Å². The van der Waals surface area contributed by atoms with Gasteiger partial charge in [-0.25, -0.2) is 4.98 Å². The van der Waals surface area contributed by atoms with Crippen molar-refractivity contribution in [2.24, 2.45) is 0 Å². The lowest BCUT2D eigenvalue weighted by atomic mass is 10.2. The number of hydrogen-bond donors (Lipinski definition) is 2. The largest absolute Gasteiger partial charge is 0.496 e. The molecule has 6 heteroatoms. The molecule has 1 aromatic carbocycles. The Labute approximate surface area is 134 Å². The van der Waals surface area contributed by atoms with E-state index in [0.717, 1.165) is 5.56 Å². The molecule has 0 aliphatic heterocycles. The van der Waals surface area contributed by atoms with Gasteiger partial charge in [-0.1, -0.05) is 12.1 Å². The topological polar surface area (TPSA) is 80.3 Å². The minimum Gasteiger partial charge on any atom is -0.496 e. The first-order valence-electron chi connectivity index (χ1n) is 7.24. The highest BCUT2D eigenvalue weighted by Gasteiger charge is 2.11. The fraction of sp³-hybridized carbons (Fsp3) is 0.235. The van der Waals surface area contributed by atoms with Gasteiger partial charge >= 0.3 is 0 Å². The third-order valence-corrected chi connectivity index (χ3v) is 3.17. The maximum absolute atomic E-state index is 12.1. The van der Waals surface area contributed by atoms with E-state index >= 15 is 0 Å². The first kappa shape index (κ1) is 16.5. The summed E-state index contributed by atoms with van der Waals surface area (Å²) < 4.78 is 5.14. The van der Waals surface area contributed by atoms with Crippen molar-refractivity contribution < 1.29 is 14.3 Å². The number of amides is 2. The Bertz CT molecular complexity index is 701. The highest BCUT2D eigenvalue weighted by atomic mass is 16.5. The van der Waals surface area contributed by atoms with Crippen molar-refractivity contribution in [3.8, 4) is 5.75 Å². The van der Waals surface area contributed by atoms with Crippen LogP contribution >= 0.6 is 0 Å². The zero-order chi connectivity index (χ0) is 16.7. The van der Waals surface area contributed by atoms with E-state index in [4.69, 9.17) is 4.74 Å². The van der Waals surface area contributed by atoms with Gasteiger partial charge < -0.3 is 15.4 Å². The maximum atomic E-state index is 12.1. The number of methoxy groups -OCH3 is 1. The van der Waals surface area contributed by atoms with Crippen molar-refractivity contribution in [2.75, 3.05) is 19.0 Å². The van der Waals surface area contributed by atoms with Crippen molar-refractivity contribution >= 4 is 17.6 Å². The van der Waals surface area contributed by atoms with Crippen LogP contribution in [0.15, 0.2) is 42.6 Å². The summed E-state index contributed by atoms with van der Waals surface area (Å²) in [4.78, 5) is 28.0. The molecule has 0 saturated heterocycles. The molecule has 0 bridgehead atoms. The predicted molar refractivity (Wildman–Crippen MR) is 87.5 cm³/mol. The number of pyridine rings is 1. The summed E-state index contributed by atoms with van der Waals surface area (Å²) in [5.41, 5.74) is 1.45. The molecular weight excluding hydrogens is 294 g/mol. The van der Waals surface area contributed by atoms with E-state index in [0.29, 0.717) is 17.1 Å². The van der Waals surface area contributed by atoms with Crippen molar-refractivity contribution in [3.05, 3.63) is 53.7 Å². The average Bonchev–Trinajstić information content (AvgIpc) is 2.54. The Kier molecular flexibility index (Phi) is 5.68. The highest BCUT2D eigenvalue weighted by molar-refractivity contribution is 5.97. The normalized spacial score (nSPS) is 10.0. The van der Waals surface area contributed by atoms with Crippen LogP contribution in [0.25, 0.3) is 0 Å². The Morgan fingerprint density at radius 2 is 2.00 bits per heavy atom. The van der Waals surface area contributed by atoms with E-state index in [1.807, 2.05) is 13.0 Å². The molecule has 23 heavy (non-hydrogen) atoms. The van der Waals surface area contributed by atoms with E-state index in [9.17, 15) is 9.59 Å². The monoisotopic (exact) mass is 313 g/mol. The smallest absolute Gasteiger partial charge is 0.255 e. The number of carbonyl (C=O) groups is 2. The summed E-state index contributed by atoms with van der Waals surface area (Å²) in [6.45, 7) is 2.15. The van der Waals surface area contributed by atoms with Gasteiger partial charge in [-0.2, -0.15) is 0 Å². The minimum absolute atomic E-state index is 0.163. The number of aryl methyl sites for hydroxylation is 1. The number of hydrogen-bond acceptors (Lipinski definition) is 4. The molecule has 0 spiro atoms. The van der Waals surface area contributed by atoms with Crippen LogP contribution in [-0.2, 0) is 4.79 Å². The number of carbonyl (C=O) groups excluding carboxylic acids is 2. The minimum atomic E-state index is -0.274. The molecule has 120 valence electrons. The van der Waals surface area contributed by atoms with Crippen LogP contribution in [-0.4, -0.2) is 30.5 Å². The van der Waals surface area contributed by atoms with Gasteiger partial charge in [0.05, 0.1) is 12.7 Å². The number of anilines is 1. The summed E-state index contributed by atoms with van der Waals surface area (Å²) in [6, 6.07) is 10.6. The molecule has 1 heterocycles. The summed E-state index contributed by atoms with van der Waals surface area (Å²) in [6.07, 6.45) is 1.80. The lowest BCUT2D eigenvalue weighted by Crippen LogP contribution is -2.28. The number of nitrogens with zero attached hydrogens (tertiary/aromatic N) is 1. The molecule has 2 aromatic rings. The number of benzene rings is 1. The molecule has 0 saturated carbocycles. The van der Waals surface area contributed by atoms with Gasteiger partial charge in [-0.3, -0.25) is 9.59 Å². The molecule has 6 nitrogen and oxygen atoms in total. The molecule has 0 atom stereocenters. The Balaban J connectivity index is 1.82. The number of ether oxygens (including phenoxy) is 1. The molecule has 0 unspecified atom stereocenters. The van der Waals surface area contributed by atoms with Crippen LogP contribution in [0.4, 0.5) is 5.82 Å². The molecule has 0 fully saturated rings. The van der Waals surface area contributed by atoms with Crippen molar-refractivity contribution in [1.82, 2.24) is 10.3 Å². The molecule has 0 aliphatic rings. The second kappa shape index (κ2) is 7.93. The SMILES string of the molecule is COc1ccccc1C(=O)NCCC(=O)Nc1cc(C)ccn1. The van der Waals surface area contributed by atoms with Gasteiger partial charge in [0.15, 0.2) is 0 Å². The first-order chi connectivity index (χ1) is 11.1. The summed E-state index contributed by atoms with van der Waals surface area (Å²) in [7, 11) is 1.51. The van der Waals surface area contributed by atoms with E-state index in [-0.39, 0.29) is 24.8 Å². The van der Waals surface area contributed by atoms with Crippen molar-refractivity contribution in [2.45, 2.75) is 13.3 Å². The van der Waals surface area contributed by atoms with Crippen LogP contribution in [0.2, 0.25) is 0 Å². The van der Waals surface area contributed by atoms with Gasteiger partial charge in [0.1, 0.15) is 11.6 Å². The number of nitrogens with one attached hydrogen (secondary N) is 2. The Hall–Kier alpha value is -2.89. The maximum Gasteiger partial charge on any atom is 0.255 e. The molecular formula is C17H19N3O3. The average molecular weight is 313 g/mol. The van der Waals surface area contributed by atoms with Gasteiger partial charge in [-0.15, -0.1) is 0 Å². The quantitative estimate of drug-likeness (QED) is 0.856. The molecule has 1 aromatic heterocycles. The van der Waals surface area contributed by atoms with Gasteiger partial charge in [0, 0.05) is 19.2 Å². The lowest BCUT2D eigenvalue weighted by molar-refractivity contribution is -0.116. The Morgan fingerprint density at radius 1 is 1.22 bits per heavy atom. The zero-order valence-electron chi connectivity index (χ0n) is 13.1. The second-order valence-corrected chi connectivity index (χ2v) is 4.97. The molecule has 2 N–H and O–H groups in total. The van der Waals surface area contributed by atoms with E-state index < -0.39 is 0 Å². The van der Waals surface area contributed by atoms with Gasteiger partial charge in [0.2, 0.25) is 5.91 Å². The van der Waals surface area contributed by atoms with Crippen LogP contribution in [0.5, 0.6) is 5.75 Å². The van der Waals surface area contributed by atoms with E-state index in [1.54, 1.807) is 36.5 Å². The van der Waals surface area contributed by atoms with Gasteiger partial charge in [-0.05, 0) is 36.8 Å². The molecule has 2 rings (SSSR count). The number of rotatable bonds is 6. The fourth-order valence-electron chi connectivity index (χ4n) is 2.03. The second-order valence-electron chi connectivity index (χ2n) is 4.97. The van der Waals surface area contributed by atoms with Crippen molar-refractivity contribution in [1.29, 1.82) is 0 Å². The number of aromatic nitrogens is 1. The molecule has 0 aliphatic carbocycles. The van der Waals surface area contributed by atoms with Crippen LogP contribution < -0.4 is 15.4 Å². The third-order valence-electron chi connectivity index (χ3n) is 3.17. The van der Waals surface area contributed by atoms with E-state index in [1.165, 1.54) is 7.11 Å². The first-order valence-corrected chi connectivity index (χ1v) is 7.24. The van der Waals surface area contributed by atoms with Crippen molar-refractivity contribution in [3.63, 3.8) is 0 Å². The highest BCUT2D eigenvalue weighted by Crippen LogP contribution is 2.16. The van der Waals surface area contributed by atoms with Crippen LogP contribution in [0.3, 0.4) is 0 Å². The number of para-hydroxylation sites is 1. The summed E-state index contributed by atoms with van der Waals surface area (Å²) >= 11 is 0. The predicted octanol–water partition coefficient (Wildman–Crippen LogP) is 2.16. The summed E-state index contributed by atoms with van der Waals surface area (Å²) in [5, 5.41) is 5.39. The standard InChI is InChI=1S/C17H19N3O3/c1-12-7-9-18-15(11-12)20-16(21)8-10-19-17(22)13-5-3-4-6-14(13)23-2/h3-7,9,11H,8,10H2,1-2H3,(H,19,22)(H,18,20,21). The van der Waals surface area contributed by atoms with Gasteiger partial charge in [0.25, 0.3) is 5.91 Å². The zero-order valence-corrected chi connectivity index (χ0v) is 13.1. The molecule has 0 radical (unpaired) electrons. The molecule has 2 amide bonds. The third kappa shape index (κ3) is 4.81. The van der Waals surface area contributed by atoms with Crippen LogP contribution in [0, 0.1) is 6.92 Å².